The lowest BCUT2D eigenvalue weighted by Gasteiger charge is -2.28. The Labute approximate surface area is 212 Å². The Balaban J connectivity index is 1.35. The molecule has 3 aromatic heterocycles. The van der Waals surface area contributed by atoms with Crippen LogP contribution in [-0.4, -0.2) is 58.2 Å². The highest BCUT2D eigenvalue weighted by Gasteiger charge is 2.20. The van der Waals surface area contributed by atoms with Gasteiger partial charge in [0.15, 0.2) is 22.1 Å². The van der Waals surface area contributed by atoms with Gasteiger partial charge in [0.25, 0.3) is 5.91 Å². The fourth-order valence-corrected chi connectivity index (χ4v) is 4.99. The number of hydrogen-bond acceptors (Lipinski definition) is 9. The lowest BCUT2D eigenvalue weighted by Crippen LogP contribution is -2.31. The number of aromatic nitrogens is 4. The Morgan fingerprint density at radius 1 is 1.22 bits per heavy atom. The molecule has 0 aliphatic carbocycles. The molecule has 10 nitrogen and oxygen atoms in total. The Hall–Kier alpha value is -3.60. The van der Waals surface area contributed by atoms with Crippen molar-refractivity contribution in [1.82, 2.24) is 25.1 Å². The van der Waals surface area contributed by atoms with Gasteiger partial charge in [0.05, 0.1) is 25.2 Å². The molecule has 0 radical (unpaired) electrons. The molecule has 1 amide bonds. The van der Waals surface area contributed by atoms with Crippen molar-refractivity contribution in [3.05, 3.63) is 46.4 Å². The first-order chi connectivity index (χ1) is 17.6. The van der Waals surface area contributed by atoms with Crippen LogP contribution in [0.1, 0.15) is 36.5 Å². The van der Waals surface area contributed by atoms with Crippen molar-refractivity contribution in [3.8, 4) is 5.75 Å². The van der Waals surface area contributed by atoms with Crippen molar-refractivity contribution in [1.29, 1.82) is 0 Å². The molecule has 1 aliphatic heterocycles. The number of rotatable bonds is 8. The van der Waals surface area contributed by atoms with Gasteiger partial charge >= 0.3 is 5.63 Å². The summed E-state index contributed by atoms with van der Waals surface area (Å²) in [4.78, 5) is 37.1. The molecule has 11 heteroatoms. The molecule has 0 unspecified atom stereocenters. The summed E-state index contributed by atoms with van der Waals surface area (Å²) in [6.07, 6.45) is 5.34. The van der Waals surface area contributed by atoms with Crippen molar-refractivity contribution < 1.29 is 13.9 Å². The SMILES string of the molecule is CCSc1nc(N2CCCCC2)c2cnn(CCNC(=O)c3cc4cccc(OC)c4oc3=O)c2n1. The highest BCUT2D eigenvalue weighted by molar-refractivity contribution is 7.99. The van der Waals surface area contributed by atoms with E-state index >= 15 is 0 Å². The fraction of sp³-hybridized carbons (Fsp3) is 0.400. The molecule has 1 aromatic carbocycles. The van der Waals surface area contributed by atoms with Crippen LogP contribution in [0.15, 0.2) is 44.8 Å². The lowest BCUT2D eigenvalue weighted by molar-refractivity contribution is 0.0948. The van der Waals surface area contributed by atoms with Crippen LogP contribution in [0.25, 0.3) is 22.0 Å². The zero-order valence-corrected chi connectivity index (χ0v) is 21.1. The zero-order chi connectivity index (χ0) is 25.1. The summed E-state index contributed by atoms with van der Waals surface area (Å²) >= 11 is 1.60. The average molecular weight is 509 g/mol. The average Bonchev–Trinajstić information content (AvgIpc) is 3.31. The van der Waals surface area contributed by atoms with Gasteiger partial charge in [-0.25, -0.2) is 19.4 Å². The molecule has 1 fully saturated rings. The first-order valence-corrected chi connectivity index (χ1v) is 13.1. The molecule has 4 heterocycles. The third kappa shape index (κ3) is 4.75. The molecule has 1 aliphatic rings. The number of piperidine rings is 1. The van der Waals surface area contributed by atoms with Crippen molar-refractivity contribution in [2.75, 3.05) is 37.4 Å². The molecule has 36 heavy (non-hydrogen) atoms. The van der Waals surface area contributed by atoms with E-state index in [4.69, 9.17) is 19.1 Å². The lowest BCUT2D eigenvalue weighted by atomic mass is 10.1. The predicted octanol–water partition coefficient (Wildman–Crippen LogP) is 3.47. The summed E-state index contributed by atoms with van der Waals surface area (Å²) in [6.45, 7) is 4.69. The highest BCUT2D eigenvalue weighted by Crippen LogP contribution is 2.29. The molecule has 0 spiro atoms. The van der Waals surface area contributed by atoms with Gasteiger partial charge in [-0.2, -0.15) is 5.10 Å². The molecule has 0 bridgehead atoms. The number of hydrogen-bond donors (Lipinski definition) is 1. The van der Waals surface area contributed by atoms with Crippen LogP contribution in [0.3, 0.4) is 0 Å². The van der Waals surface area contributed by atoms with Crippen LogP contribution in [0, 0.1) is 0 Å². The number of thioether (sulfide) groups is 1. The van der Waals surface area contributed by atoms with Crippen LogP contribution in [0.2, 0.25) is 0 Å². The van der Waals surface area contributed by atoms with E-state index < -0.39 is 11.5 Å². The summed E-state index contributed by atoms with van der Waals surface area (Å²) in [5.74, 6) is 1.73. The van der Waals surface area contributed by atoms with E-state index in [0.717, 1.165) is 53.7 Å². The number of para-hydroxylation sites is 1. The van der Waals surface area contributed by atoms with E-state index in [1.54, 1.807) is 40.8 Å². The molecule has 0 saturated carbocycles. The summed E-state index contributed by atoms with van der Waals surface area (Å²) in [7, 11) is 1.50. The van der Waals surface area contributed by atoms with Crippen molar-refractivity contribution in [2.45, 2.75) is 37.9 Å². The molecule has 1 saturated heterocycles. The quantitative estimate of drug-likeness (QED) is 0.217. The second-order valence-corrected chi connectivity index (χ2v) is 9.73. The molecular formula is C25H28N6O4S. The number of fused-ring (bicyclic) bond motifs is 2. The smallest absolute Gasteiger partial charge is 0.349 e. The minimum absolute atomic E-state index is 0.0579. The molecule has 188 valence electrons. The Kier molecular flexibility index (Phi) is 7.08. The van der Waals surface area contributed by atoms with Crippen LogP contribution >= 0.6 is 11.8 Å². The van der Waals surface area contributed by atoms with Gasteiger partial charge in [-0.3, -0.25) is 4.79 Å². The van der Waals surface area contributed by atoms with Gasteiger partial charge in [-0.1, -0.05) is 30.8 Å². The maximum atomic E-state index is 12.8. The van der Waals surface area contributed by atoms with Gasteiger partial charge in [0, 0.05) is 25.0 Å². The standard InChI is InChI=1S/C25H28N6O4S/c1-3-36-25-28-21(30-11-5-4-6-12-30)18-15-27-31(22(18)29-25)13-10-26-23(32)17-14-16-8-7-9-19(34-2)20(16)35-24(17)33/h7-9,14-15H,3-6,10-13H2,1-2H3,(H,26,32). The van der Waals surface area contributed by atoms with Gasteiger partial charge in [0.1, 0.15) is 11.4 Å². The van der Waals surface area contributed by atoms with Crippen molar-refractivity contribution in [2.24, 2.45) is 0 Å². The molecule has 0 atom stereocenters. The largest absolute Gasteiger partial charge is 0.493 e. The van der Waals surface area contributed by atoms with Crippen LogP contribution in [0.5, 0.6) is 5.75 Å². The first kappa shape index (κ1) is 24.1. The van der Waals surface area contributed by atoms with E-state index in [2.05, 4.69) is 22.2 Å². The Morgan fingerprint density at radius 3 is 2.83 bits per heavy atom. The predicted molar refractivity (Wildman–Crippen MR) is 139 cm³/mol. The van der Waals surface area contributed by atoms with Crippen LogP contribution in [0.4, 0.5) is 5.82 Å². The van der Waals surface area contributed by atoms with Crippen LogP contribution < -0.4 is 20.6 Å². The Bertz CT molecular complexity index is 1460. The number of ether oxygens (including phenoxy) is 1. The van der Waals surface area contributed by atoms with Gasteiger partial charge in [-0.15, -0.1) is 0 Å². The van der Waals surface area contributed by atoms with E-state index in [0.29, 0.717) is 23.3 Å². The van der Waals surface area contributed by atoms with E-state index in [1.807, 2.05) is 0 Å². The number of carbonyl (C=O) groups is 1. The summed E-state index contributed by atoms with van der Waals surface area (Å²) in [5, 5.41) is 9.58. The van der Waals surface area contributed by atoms with Gasteiger partial charge in [-0.05, 0) is 37.1 Å². The first-order valence-electron chi connectivity index (χ1n) is 12.1. The molecule has 1 N–H and O–H groups in total. The second kappa shape index (κ2) is 10.6. The second-order valence-electron chi connectivity index (χ2n) is 8.50. The number of anilines is 1. The van der Waals surface area contributed by atoms with Crippen molar-refractivity contribution >= 4 is 45.5 Å². The van der Waals surface area contributed by atoms with E-state index in [-0.39, 0.29) is 12.1 Å². The maximum Gasteiger partial charge on any atom is 0.349 e. The summed E-state index contributed by atoms with van der Waals surface area (Å²) in [5.41, 5.74) is 0.286. The molecular weight excluding hydrogens is 480 g/mol. The number of amides is 1. The minimum atomic E-state index is -0.714. The van der Waals surface area contributed by atoms with E-state index in [9.17, 15) is 9.59 Å². The van der Waals surface area contributed by atoms with Crippen molar-refractivity contribution in [3.63, 3.8) is 0 Å². The third-order valence-electron chi connectivity index (χ3n) is 6.18. The number of carbonyl (C=O) groups excluding carboxylic acids is 1. The molecule has 5 rings (SSSR count). The number of nitrogens with one attached hydrogen (secondary N) is 1. The Morgan fingerprint density at radius 2 is 2.06 bits per heavy atom. The normalized spacial score (nSPS) is 13.9. The monoisotopic (exact) mass is 508 g/mol. The van der Waals surface area contributed by atoms with E-state index in [1.165, 1.54) is 19.6 Å². The maximum absolute atomic E-state index is 12.8. The minimum Gasteiger partial charge on any atom is -0.493 e. The fourth-order valence-electron chi connectivity index (χ4n) is 4.43. The van der Waals surface area contributed by atoms with Crippen LogP contribution in [-0.2, 0) is 6.54 Å². The van der Waals surface area contributed by atoms with Gasteiger partial charge < -0.3 is 19.4 Å². The number of methoxy groups -OCH3 is 1. The zero-order valence-electron chi connectivity index (χ0n) is 20.3. The highest BCUT2D eigenvalue weighted by atomic mass is 32.2. The topological polar surface area (TPSA) is 115 Å². The summed E-state index contributed by atoms with van der Waals surface area (Å²) < 4.78 is 12.4. The van der Waals surface area contributed by atoms with Gasteiger partial charge in [0.2, 0.25) is 0 Å². The number of benzene rings is 1. The molecule has 4 aromatic rings. The summed E-state index contributed by atoms with van der Waals surface area (Å²) in [6, 6.07) is 6.76. The third-order valence-corrected chi connectivity index (χ3v) is 6.91. The number of nitrogens with zero attached hydrogens (tertiary/aromatic N) is 5.